The van der Waals surface area contributed by atoms with E-state index in [0.717, 1.165) is 44.8 Å². The van der Waals surface area contributed by atoms with Gasteiger partial charge in [0.05, 0.1) is 11.4 Å². The fourth-order valence-corrected chi connectivity index (χ4v) is 10.1. The van der Waals surface area contributed by atoms with Crippen LogP contribution in [0.5, 0.6) is 0 Å². The molecule has 12 rings (SSSR count). The Kier molecular flexibility index (Phi) is 7.75. The first-order valence-corrected chi connectivity index (χ1v) is 20.9. The van der Waals surface area contributed by atoms with E-state index in [9.17, 15) is 0 Å². The number of hydrogen-bond acceptors (Lipinski definition) is 3. The topological polar surface area (TPSA) is 25.8 Å². The number of rotatable bonds is 6. The lowest BCUT2D eigenvalue weighted by molar-refractivity contribution is 1.18. The molecule has 9 aromatic carbocycles. The van der Waals surface area contributed by atoms with Crippen LogP contribution in [0.4, 0.5) is 0 Å². The molecule has 1 aliphatic carbocycles. The van der Waals surface area contributed by atoms with E-state index in [0.29, 0.717) is 5.82 Å². The molecule has 0 radical (unpaired) electrons. The second kappa shape index (κ2) is 13.6. The fraction of sp³-hybridized carbons (Fsp3) is 0. The molecular weight excluding hydrogens is 733 g/mol. The molecule has 0 saturated carbocycles. The molecule has 2 nitrogen and oxygen atoms in total. The summed E-state index contributed by atoms with van der Waals surface area (Å²) in [4.78, 5) is 10.5. The highest BCUT2D eigenvalue weighted by atomic mass is 32.1. The molecule has 274 valence electrons. The SMILES string of the molecule is c1ccc(-c2cc(-c3ccc4sc5ccccc5c4c3)cc(-c3cc(-c4ccc(-c5ccc6c7c(cccc57)-c5ccccc5-6)cc4)nc(-c4ccccc4)n3)c2)cc1. The molecule has 2 heterocycles. The van der Waals surface area contributed by atoms with Crippen LogP contribution in [0.1, 0.15) is 0 Å². The molecule has 0 spiro atoms. The van der Waals surface area contributed by atoms with Crippen LogP contribution in [-0.2, 0) is 0 Å². The largest absolute Gasteiger partial charge is 0.228 e. The van der Waals surface area contributed by atoms with Gasteiger partial charge in [0.2, 0.25) is 0 Å². The molecule has 3 heteroatoms. The summed E-state index contributed by atoms with van der Waals surface area (Å²) in [6, 6.07) is 74.5. The summed E-state index contributed by atoms with van der Waals surface area (Å²) in [6.45, 7) is 0. The van der Waals surface area contributed by atoms with E-state index >= 15 is 0 Å². The van der Waals surface area contributed by atoms with Crippen molar-refractivity contribution in [3.63, 3.8) is 0 Å². The Hall–Kier alpha value is -7.46. The van der Waals surface area contributed by atoms with Crippen molar-refractivity contribution in [2.75, 3.05) is 0 Å². The Morgan fingerprint density at radius 3 is 1.59 bits per heavy atom. The van der Waals surface area contributed by atoms with Crippen LogP contribution in [0.2, 0.25) is 0 Å². The van der Waals surface area contributed by atoms with Crippen LogP contribution in [-0.4, -0.2) is 9.97 Å². The molecule has 11 aromatic rings. The van der Waals surface area contributed by atoms with E-state index in [-0.39, 0.29) is 0 Å². The highest BCUT2D eigenvalue weighted by Crippen LogP contribution is 2.49. The smallest absolute Gasteiger partial charge is 0.160 e. The van der Waals surface area contributed by atoms with Crippen molar-refractivity contribution in [3.8, 4) is 89.5 Å². The number of nitrogens with zero attached hydrogens (tertiary/aromatic N) is 2. The summed E-state index contributed by atoms with van der Waals surface area (Å²) < 4.78 is 2.61. The first-order valence-electron chi connectivity index (χ1n) is 20.1. The molecule has 0 aliphatic heterocycles. The van der Waals surface area contributed by atoms with E-state index in [1.807, 2.05) is 17.4 Å². The van der Waals surface area contributed by atoms with Gasteiger partial charge in [-0.3, -0.25) is 0 Å². The molecule has 0 unspecified atom stereocenters. The zero-order chi connectivity index (χ0) is 38.9. The molecule has 0 atom stereocenters. The number of aromatic nitrogens is 2. The first-order chi connectivity index (χ1) is 29.2. The van der Waals surface area contributed by atoms with Gasteiger partial charge in [0.15, 0.2) is 5.82 Å². The molecule has 0 bridgehead atoms. The Bertz CT molecular complexity index is 3390. The van der Waals surface area contributed by atoms with Crippen molar-refractivity contribution in [1.82, 2.24) is 9.97 Å². The first kappa shape index (κ1) is 33.7. The van der Waals surface area contributed by atoms with E-state index in [1.165, 1.54) is 69.9 Å². The Morgan fingerprint density at radius 1 is 0.271 bits per heavy atom. The van der Waals surface area contributed by atoms with Gasteiger partial charge in [0.25, 0.3) is 0 Å². The Balaban J connectivity index is 0.995. The lowest BCUT2D eigenvalue weighted by Gasteiger charge is -2.14. The number of benzene rings is 9. The van der Waals surface area contributed by atoms with Crippen molar-refractivity contribution < 1.29 is 0 Å². The van der Waals surface area contributed by atoms with Gasteiger partial charge < -0.3 is 0 Å². The molecule has 1 aliphatic rings. The normalized spacial score (nSPS) is 11.7. The van der Waals surface area contributed by atoms with E-state index in [1.54, 1.807) is 0 Å². The van der Waals surface area contributed by atoms with Gasteiger partial charge in [-0.05, 0) is 109 Å². The summed E-state index contributed by atoms with van der Waals surface area (Å²) in [6.07, 6.45) is 0. The van der Waals surface area contributed by atoms with Crippen LogP contribution in [0.3, 0.4) is 0 Å². The highest BCUT2D eigenvalue weighted by molar-refractivity contribution is 7.25. The molecule has 0 saturated heterocycles. The highest BCUT2D eigenvalue weighted by Gasteiger charge is 2.22. The third-order valence-electron chi connectivity index (χ3n) is 11.8. The second-order valence-electron chi connectivity index (χ2n) is 15.3. The van der Waals surface area contributed by atoms with Gasteiger partial charge in [-0.2, -0.15) is 0 Å². The van der Waals surface area contributed by atoms with Crippen molar-refractivity contribution >= 4 is 42.3 Å². The Morgan fingerprint density at radius 2 is 0.814 bits per heavy atom. The third-order valence-corrected chi connectivity index (χ3v) is 13.0. The quantitative estimate of drug-likeness (QED) is 0.168. The molecule has 0 amide bonds. The zero-order valence-corrected chi connectivity index (χ0v) is 32.7. The van der Waals surface area contributed by atoms with E-state index < -0.39 is 0 Å². The minimum absolute atomic E-state index is 0.701. The number of thiophene rings is 1. The van der Waals surface area contributed by atoms with Crippen LogP contribution >= 0.6 is 11.3 Å². The average molecular weight is 767 g/mol. The molecule has 0 fully saturated rings. The lowest BCUT2D eigenvalue weighted by Crippen LogP contribution is -1.96. The van der Waals surface area contributed by atoms with Crippen molar-refractivity contribution in [2.24, 2.45) is 0 Å². The maximum Gasteiger partial charge on any atom is 0.160 e. The predicted molar refractivity (Wildman–Crippen MR) is 249 cm³/mol. The predicted octanol–water partition coefficient (Wildman–Crippen LogP) is 15.6. The average Bonchev–Trinajstić information content (AvgIpc) is 3.86. The number of fused-ring (bicyclic) bond motifs is 6. The van der Waals surface area contributed by atoms with Crippen LogP contribution in [0, 0.1) is 0 Å². The van der Waals surface area contributed by atoms with Crippen LogP contribution in [0.25, 0.3) is 120 Å². The summed E-state index contributed by atoms with van der Waals surface area (Å²) in [5.74, 6) is 0.701. The number of hydrogen-bond donors (Lipinski definition) is 0. The summed E-state index contributed by atoms with van der Waals surface area (Å²) >= 11 is 1.85. The van der Waals surface area contributed by atoms with Gasteiger partial charge in [0.1, 0.15) is 0 Å². The van der Waals surface area contributed by atoms with Gasteiger partial charge in [0, 0.05) is 36.9 Å². The summed E-state index contributed by atoms with van der Waals surface area (Å²) in [5, 5.41) is 5.20. The van der Waals surface area contributed by atoms with Gasteiger partial charge in [-0.1, -0.05) is 164 Å². The monoisotopic (exact) mass is 766 g/mol. The van der Waals surface area contributed by atoms with Gasteiger partial charge in [-0.25, -0.2) is 9.97 Å². The van der Waals surface area contributed by atoms with Gasteiger partial charge >= 0.3 is 0 Å². The standard InChI is InChI=1S/C56H34N2S/c1-3-12-35(13-4-1)40-30-41(39-26-29-54-50(33-39)46-18-9-10-21-53(46)59-54)32-42(31-40)52-34-51(57-56(58-52)38-14-5-2-6-15-38)37-24-22-36(23-25-37)43-27-28-49-45-17-8-7-16-44(45)48-20-11-19-47(43)55(48)49/h1-34H. The fourth-order valence-electron chi connectivity index (χ4n) is 8.99. The summed E-state index contributed by atoms with van der Waals surface area (Å²) in [5.41, 5.74) is 17.1. The van der Waals surface area contributed by atoms with Crippen molar-refractivity contribution in [2.45, 2.75) is 0 Å². The van der Waals surface area contributed by atoms with Crippen LogP contribution < -0.4 is 0 Å². The maximum atomic E-state index is 5.28. The third kappa shape index (κ3) is 5.70. The molecule has 59 heavy (non-hydrogen) atoms. The van der Waals surface area contributed by atoms with E-state index in [4.69, 9.17) is 9.97 Å². The van der Waals surface area contributed by atoms with E-state index in [2.05, 4.69) is 200 Å². The Labute approximate surface area is 346 Å². The molecule has 2 aromatic heterocycles. The van der Waals surface area contributed by atoms with Gasteiger partial charge in [-0.15, -0.1) is 11.3 Å². The lowest BCUT2D eigenvalue weighted by atomic mass is 9.93. The second-order valence-corrected chi connectivity index (χ2v) is 16.4. The maximum absolute atomic E-state index is 5.28. The minimum atomic E-state index is 0.701. The molecular formula is C56H34N2S. The van der Waals surface area contributed by atoms with Crippen LogP contribution in [0.15, 0.2) is 206 Å². The summed E-state index contributed by atoms with van der Waals surface area (Å²) in [7, 11) is 0. The zero-order valence-electron chi connectivity index (χ0n) is 31.9. The van der Waals surface area contributed by atoms with Crippen molar-refractivity contribution in [3.05, 3.63) is 206 Å². The molecule has 0 N–H and O–H groups in total. The van der Waals surface area contributed by atoms with Crippen molar-refractivity contribution in [1.29, 1.82) is 0 Å². The minimum Gasteiger partial charge on any atom is -0.228 e.